The molecular formula is C19H17BrN4O. The van der Waals surface area contributed by atoms with Crippen LogP contribution in [0.2, 0.25) is 0 Å². The Morgan fingerprint density at radius 1 is 1.04 bits per heavy atom. The Balaban J connectivity index is 1.77. The monoisotopic (exact) mass is 396 g/mol. The van der Waals surface area contributed by atoms with Crippen molar-refractivity contribution in [2.24, 2.45) is 0 Å². The van der Waals surface area contributed by atoms with Gasteiger partial charge in [-0.1, -0.05) is 34.1 Å². The van der Waals surface area contributed by atoms with Crippen molar-refractivity contribution >= 4 is 39.2 Å². The van der Waals surface area contributed by atoms with Crippen LogP contribution < -0.4 is 10.6 Å². The molecule has 0 bridgehead atoms. The number of carbonyl (C=O) groups is 1. The van der Waals surface area contributed by atoms with E-state index in [1.807, 2.05) is 56.3 Å². The van der Waals surface area contributed by atoms with E-state index >= 15 is 0 Å². The molecule has 0 saturated carbocycles. The smallest absolute Gasteiger partial charge is 0.274 e. The van der Waals surface area contributed by atoms with Crippen molar-refractivity contribution in [2.75, 3.05) is 10.6 Å². The summed E-state index contributed by atoms with van der Waals surface area (Å²) in [6.45, 7) is 3.96. The average Bonchev–Trinajstić information content (AvgIpc) is 2.60. The molecule has 1 aromatic heterocycles. The molecule has 0 unspecified atom stereocenters. The zero-order chi connectivity index (χ0) is 17.8. The number of nitrogens with zero attached hydrogens (tertiary/aromatic N) is 2. The van der Waals surface area contributed by atoms with Crippen LogP contribution in [0.3, 0.4) is 0 Å². The number of rotatable bonds is 4. The van der Waals surface area contributed by atoms with Crippen molar-refractivity contribution < 1.29 is 4.79 Å². The molecule has 3 aromatic rings. The minimum Gasteiger partial charge on any atom is -0.324 e. The molecule has 3 rings (SSSR count). The van der Waals surface area contributed by atoms with Gasteiger partial charge in [0.2, 0.25) is 5.95 Å². The highest BCUT2D eigenvalue weighted by atomic mass is 79.9. The third kappa shape index (κ3) is 4.22. The van der Waals surface area contributed by atoms with Crippen LogP contribution in [-0.4, -0.2) is 15.9 Å². The maximum atomic E-state index is 12.4. The minimum atomic E-state index is -0.281. The van der Waals surface area contributed by atoms with E-state index in [4.69, 9.17) is 0 Å². The number of amides is 1. The molecule has 0 atom stereocenters. The highest BCUT2D eigenvalue weighted by Crippen LogP contribution is 2.21. The van der Waals surface area contributed by atoms with Gasteiger partial charge in [-0.25, -0.2) is 9.97 Å². The molecule has 0 aliphatic heterocycles. The van der Waals surface area contributed by atoms with Crippen molar-refractivity contribution in [1.29, 1.82) is 0 Å². The van der Waals surface area contributed by atoms with Gasteiger partial charge < -0.3 is 10.6 Å². The van der Waals surface area contributed by atoms with Gasteiger partial charge in [-0.15, -0.1) is 0 Å². The number of aromatic nitrogens is 2. The second-order valence-corrected chi connectivity index (χ2v) is 6.48. The van der Waals surface area contributed by atoms with Crippen LogP contribution in [0.25, 0.3) is 0 Å². The van der Waals surface area contributed by atoms with Crippen LogP contribution in [0.1, 0.15) is 21.6 Å². The molecule has 0 aliphatic rings. The number of hydrogen-bond acceptors (Lipinski definition) is 4. The summed E-state index contributed by atoms with van der Waals surface area (Å²) in [5.41, 5.74) is 4.04. The zero-order valence-electron chi connectivity index (χ0n) is 13.9. The lowest BCUT2D eigenvalue weighted by molar-refractivity contribution is 0.102. The van der Waals surface area contributed by atoms with Gasteiger partial charge >= 0.3 is 0 Å². The minimum absolute atomic E-state index is 0.281. The maximum absolute atomic E-state index is 12.4. The predicted molar refractivity (Wildman–Crippen MR) is 103 cm³/mol. The van der Waals surface area contributed by atoms with E-state index in [9.17, 15) is 4.79 Å². The molecule has 0 spiro atoms. The molecule has 25 heavy (non-hydrogen) atoms. The Morgan fingerprint density at radius 3 is 2.60 bits per heavy atom. The van der Waals surface area contributed by atoms with E-state index in [1.54, 1.807) is 12.3 Å². The van der Waals surface area contributed by atoms with Gasteiger partial charge in [0.05, 0.1) is 0 Å². The fourth-order valence-electron chi connectivity index (χ4n) is 2.30. The van der Waals surface area contributed by atoms with Crippen molar-refractivity contribution in [3.63, 3.8) is 0 Å². The Bertz CT molecular complexity index is 927. The van der Waals surface area contributed by atoms with Gasteiger partial charge in [0.25, 0.3) is 5.91 Å². The highest BCUT2D eigenvalue weighted by molar-refractivity contribution is 9.10. The Labute approximate surface area is 154 Å². The molecular weight excluding hydrogens is 380 g/mol. The molecule has 1 amide bonds. The van der Waals surface area contributed by atoms with E-state index in [-0.39, 0.29) is 5.91 Å². The van der Waals surface area contributed by atoms with Crippen molar-refractivity contribution in [2.45, 2.75) is 13.8 Å². The van der Waals surface area contributed by atoms with Gasteiger partial charge in [0, 0.05) is 22.0 Å². The van der Waals surface area contributed by atoms with Gasteiger partial charge in [-0.2, -0.15) is 0 Å². The van der Waals surface area contributed by atoms with Gasteiger partial charge in [0.15, 0.2) is 0 Å². The average molecular weight is 397 g/mol. The summed E-state index contributed by atoms with van der Waals surface area (Å²) in [6.07, 6.45) is 1.56. The van der Waals surface area contributed by atoms with E-state index in [0.29, 0.717) is 11.6 Å². The first kappa shape index (κ1) is 17.1. The molecule has 0 fully saturated rings. The second kappa shape index (κ2) is 7.44. The molecule has 0 radical (unpaired) electrons. The van der Waals surface area contributed by atoms with E-state index < -0.39 is 0 Å². The summed E-state index contributed by atoms with van der Waals surface area (Å²) in [5, 5.41) is 5.99. The van der Waals surface area contributed by atoms with Crippen LogP contribution in [-0.2, 0) is 0 Å². The van der Waals surface area contributed by atoms with Crippen LogP contribution in [0.4, 0.5) is 17.3 Å². The van der Waals surface area contributed by atoms with E-state index in [0.717, 1.165) is 27.0 Å². The Kier molecular flexibility index (Phi) is 5.09. The predicted octanol–water partition coefficient (Wildman–Crippen LogP) is 4.85. The lowest BCUT2D eigenvalue weighted by Crippen LogP contribution is -2.15. The number of anilines is 3. The molecule has 0 aliphatic carbocycles. The summed E-state index contributed by atoms with van der Waals surface area (Å²) in [6, 6.07) is 15.1. The fourth-order valence-corrected chi connectivity index (χ4v) is 2.54. The zero-order valence-corrected chi connectivity index (χ0v) is 15.5. The summed E-state index contributed by atoms with van der Waals surface area (Å²) in [5.74, 6) is 0.103. The first-order chi connectivity index (χ1) is 12.0. The van der Waals surface area contributed by atoms with Crippen LogP contribution in [0, 0.1) is 13.8 Å². The molecule has 126 valence electrons. The number of halogens is 1. The summed E-state index contributed by atoms with van der Waals surface area (Å²) in [4.78, 5) is 20.9. The van der Waals surface area contributed by atoms with Gasteiger partial charge in [-0.05, 0) is 55.3 Å². The number of carbonyl (C=O) groups excluding carboxylic acids is 1. The summed E-state index contributed by atoms with van der Waals surface area (Å²) in [7, 11) is 0. The molecule has 2 aromatic carbocycles. The molecule has 5 nitrogen and oxygen atoms in total. The van der Waals surface area contributed by atoms with Crippen molar-refractivity contribution in [3.05, 3.63) is 76.0 Å². The Morgan fingerprint density at radius 2 is 1.84 bits per heavy atom. The topological polar surface area (TPSA) is 66.9 Å². The number of aryl methyl sites for hydroxylation is 2. The fraction of sp³-hybridized carbons (Fsp3) is 0.105. The molecule has 6 heteroatoms. The molecule has 1 heterocycles. The lowest BCUT2D eigenvalue weighted by Gasteiger charge is -2.09. The standard InChI is InChI=1S/C19H17BrN4O/c1-12-5-3-4-6-16(12)23-19-21-10-9-17(24-19)18(25)22-14-7-8-15(20)13(2)11-14/h3-11H,1-2H3,(H,22,25)(H,21,23,24). The second-order valence-electron chi connectivity index (χ2n) is 5.62. The number of para-hydroxylation sites is 1. The largest absolute Gasteiger partial charge is 0.324 e. The first-order valence-corrected chi connectivity index (χ1v) is 8.55. The quantitative estimate of drug-likeness (QED) is 0.661. The molecule has 2 N–H and O–H groups in total. The van der Waals surface area contributed by atoms with Gasteiger partial charge in [-0.3, -0.25) is 4.79 Å². The van der Waals surface area contributed by atoms with Crippen molar-refractivity contribution in [1.82, 2.24) is 9.97 Å². The SMILES string of the molecule is Cc1cc(NC(=O)c2ccnc(Nc3ccccc3C)n2)ccc1Br. The van der Waals surface area contributed by atoms with Crippen LogP contribution >= 0.6 is 15.9 Å². The van der Waals surface area contributed by atoms with E-state index in [1.165, 1.54) is 0 Å². The first-order valence-electron chi connectivity index (χ1n) is 7.76. The third-order valence-corrected chi connectivity index (χ3v) is 4.59. The maximum Gasteiger partial charge on any atom is 0.274 e. The summed E-state index contributed by atoms with van der Waals surface area (Å²) >= 11 is 3.45. The van der Waals surface area contributed by atoms with Crippen LogP contribution in [0.5, 0.6) is 0 Å². The summed E-state index contributed by atoms with van der Waals surface area (Å²) < 4.78 is 0.997. The van der Waals surface area contributed by atoms with Crippen LogP contribution in [0.15, 0.2) is 59.2 Å². The molecule has 0 saturated heterocycles. The lowest BCUT2D eigenvalue weighted by atomic mass is 10.2. The highest BCUT2D eigenvalue weighted by Gasteiger charge is 2.10. The van der Waals surface area contributed by atoms with Gasteiger partial charge in [0.1, 0.15) is 5.69 Å². The van der Waals surface area contributed by atoms with E-state index in [2.05, 4.69) is 36.5 Å². The number of nitrogens with one attached hydrogen (secondary N) is 2. The van der Waals surface area contributed by atoms with Crippen molar-refractivity contribution in [3.8, 4) is 0 Å². The number of benzene rings is 2. The Hall–Kier alpha value is -2.73. The third-order valence-electron chi connectivity index (χ3n) is 3.70. The normalized spacial score (nSPS) is 10.4. The number of hydrogen-bond donors (Lipinski definition) is 2.